The van der Waals surface area contributed by atoms with Crippen LogP contribution in [0.3, 0.4) is 0 Å². The first-order valence-electron chi connectivity index (χ1n) is 8.30. The molecule has 1 aromatic carbocycles. The third-order valence-electron chi connectivity index (χ3n) is 4.42. The van der Waals surface area contributed by atoms with Crippen LogP contribution in [0.4, 0.5) is 17.5 Å². The quantitative estimate of drug-likeness (QED) is 0.882. The fourth-order valence-corrected chi connectivity index (χ4v) is 3.20. The van der Waals surface area contributed by atoms with Gasteiger partial charge in [-0.25, -0.2) is 4.98 Å². The number of carbonyl (C=O) groups excluding carboxylic acids is 1. The molecular weight excluding hydrogens is 302 g/mol. The van der Waals surface area contributed by atoms with Gasteiger partial charge in [0.15, 0.2) is 0 Å². The Labute approximate surface area is 142 Å². The van der Waals surface area contributed by atoms with Crippen LogP contribution >= 0.6 is 0 Å². The number of hydrogen-bond donors (Lipinski definition) is 2. The number of nitrogen functional groups attached to an aromatic ring is 1. The van der Waals surface area contributed by atoms with E-state index < -0.39 is 0 Å². The van der Waals surface area contributed by atoms with Gasteiger partial charge in [-0.05, 0) is 25.5 Å². The number of aryl methyl sites for hydroxylation is 1. The molecule has 126 valence electrons. The van der Waals surface area contributed by atoms with Crippen LogP contribution in [-0.4, -0.2) is 29.0 Å². The van der Waals surface area contributed by atoms with Crippen LogP contribution in [0.2, 0.25) is 0 Å². The minimum atomic E-state index is 0.169. The van der Waals surface area contributed by atoms with E-state index in [1.807, 2.05) is 42.2 Å². The minimum absolute atomic E-state index is 0.169. The van der Waals surface area contributed by atoms with Gasteiger partial charge >= 0.3 is 0 Å². The van der Waals surface area contributed by atoms with Gasteiger partial charge in [0, 0.05) is 42.4 Å². The van der Waals surface area contributed by atoms with Crippen molar-refractivity contribution >= 4 is 23.4 Å². The van der Waals surface area contributed by atoms with Crippen molar-refractivity contribution in [1.82, 2.24) is 9.97 Å². The number of hydrogen-bond acceptors (Lipinski definition) is 5. The highest BCUT2D eigenvalue weighted by Gasteiger charge is 2.30. The van der Waals surface area contributed by atoms with Crippen LogP contribution in [0, 0.1) is 12.8 Å². The topological polar surface area (TPSA) is 84.1 Å². The second-order valence-corrected chi connectivity index (χ2v) is 6.14. The first kappa shape index (κ1) is 16.2. The van der Waals surface area contributed by atoms with Gasteiger partial charge in [-0.1, -0.05) is 25.1 Å². The van der Waals surface area contributed by atoms with Crippen LogP contribution in [-0.2, 0) is 11.2 Å². The van der Waals surface area contributed by atoms with Crippen LogP contribution in [0.1, 0.15) is 24.6 Å². The molecule has 6 nitrogen and oxygen atoms in total. The first-order valence-corrected chi connectivity index (χ1v) is 8.30. The summed E-state index contributed by atoms with van der Waals surface area (Å²) < 4.78 is 0. The molecule has 1 atom stereocenters. The molecule has 2 aromatic rings. The van der Waals surface area contributed by atoms with Gasteiger partial charge in [0.05, 0.1) is 0 Å². The molecule has 1 aliphatic heterocycles. The van der Waals surface area contributed by atoms with Gasteiger partial charge in [0.2, 0.25) is 11.9 Å². The standard InChI is InChI=1S/C18H23N5O/c1-3-15-12(2)21-18(19)22-17(15)20-10-13-9-16(24)23(11-13)14-7-5-4-6-8-14/h4-8,13H,3,9-11H2,1-2H3,(H3,19,20,21,22)/t13-/m0/s1. The van der Waals surface area contributed by atoms with E-state index in [9.17, 15) is 4.79 Å². The fraction of sp³-hybridized carbons (Fsp3) is 0.389. The largest absolute Gasteiger partial charge is 0.369 e. The Kier molecular flexibility index (Phi) is 4.64. The van der Waals surface area contributed by atoms with E-state index in [4.69, 9.17) is 5.73 Å². The molecule has 2 heterocycles. The number of nitrogens with two attached hydrogens (primary N) is 1. The summed E-state index contributed by atoms with van der Waals surface area (Å²) in [5.41, 5.74) is 8.70. The molecule has 3 N–H and O–H groups in total. The summed E-state index contributed by atoms with van der Waals surface area (Å²) in [6.07, 6.45) is 1.39. The monoisotopic (exact) mass is 325 g/mol. The molecule has 0 spiro atoms. The number of amides is 1. The highest BCUT2D eigenvalue weighted by molar-refractivity contribution is 5.95. The number of benzene rings is 1. The van der Waals surface area contributed by atoms with E-state index in [0.717, 1.165) is 35.7 Å². The molecule has 1 fully saturated rings. The van der Waals surface area contributed by atoms with Crippen molar-refractivity contribution in [2.75, 3.05) is 29.0 Å². The van der Waals surface area contributed by atoms with Crippen molar-refractivity contribution in [2.45, 2.75) is 26.7 Å². The van der Waals surface area contributed by atoms with E-state index in [1.54, 1.807) is 0 Å². The lowest BCUT2D eigenvalue weighted by Gasteiger charge is -2.18. The number of carbonyl (C=O) groups is 1. The Morgan fingerprint density at radius 3 is 2.75 bits per heavy atom. The molecule has 6 heteroatoms. The molecule has 24 heavy (non-hydrogen) atoms. The zero-order valence-corrected chi connectivity index (χ0v) is 14.1. The number of nitrogens with zero attached hydrogens (tertiary/aromatic N) is 3. The Balaban J connectivity index is 1.67. The molecule has 0 saturated carbocycles. The Morgan fingerprint density at radius 2 is 2.04 bits per heavy atom. The SMILES string of the molecule is CCc1c(C)nc(N)nc1NC[C@@H]1CC(=O)N(c2ccccc2)C1. The predicted octanol–water partition coefficient (Wildman–Crippen LogP) is 2.39. The van der Waals surface area contributed by atoms with Crippen molar-refractivity contribution in [3.05, 3.63) is 41.6 Å². The van der Waals surface area contributed by atoms with Gasteiger partial charge in [0.25, 0.3) is 0 Å². The summed E-state index contributed by atoms with van der Waals surface area (Å²) in [4.78, 5) is 22.7. The highest BCUT2D eigenvalue weighted by atomic mass is 16.2. The molecular formula is C18H23N5O. The van der Waals surface area contributed by atoms with Crippen molar-refractivity contribution in [3.63, 3.8) is 0 Å². The van der Waals surface area contributed by atoms with Gasteiger partial charge in [-0.15, -0.1) is 0 Å². The summed E-state index contributed by atoms with van der Waals surface area (Å²) in [5, 5.41) is 3.37. The van der Waals surface area contributed by atoms with Crippen molar-refractivity contribution in [2.24, 2.45) is 5.92 Å². The number of anilines is 3. The molecule has 3 rings (SSSR count). The van der Waals surface area contributed by atoms with Gasteiger partial charge in [-0.2, -0.15) is 4.98 Å². The molecule has 1 saturated heterocycles. The average molecular weight is 325 g/mol. The number of aromatic nitrogens is 2. The van der Waals surface area contributed by atoms with Crippen molar-refractivity contribution < 1.29 is 4.79 Å². The molecule has 0 radical (unpaired) electrons. The van der Waals surface area contributed by atoms with Gasteiger partial charge in [0.1, 0.15) is 5.82 Å². The minimum Gasteiger partial charge on any atom is -0.369 e. The number of nitrogens with one attached hydrogen (secondary N) is 1. The van der Waals surface area contributed by atoms with Gasteiger partial charge in [-0.3, -0.25) is 4.79 Å². The summed E-state index contributed by atoms with van der Waals surface area (Å²) in [6, 6.07) is 9.80. The molecule has 0 unspecified atom stereocenters. The third kappa shape index (κ3) is 3.32. The maximum absolute atomic E-state index is 12.3. The Hall–Kier alpha value is -2.63. The lowest BCUT2D eigenvalue weighted by atomic mass is 10.1. The van der Waals surface area contributed by atoms with E-state index in [0.29, 0.717) is 13.0 Å². The zero-order chi connectivity index (χ0) is 17.1. The molecule has 1 aliphatic rings. The highest BCUT2D eigenvalue weighted by Crippen LogP contribution is 2.26. The second-order valence-electron chi connectivity index (χ2n) is 6.14. The normalized spacial score (nSPS) is 17.3. The lowest BCUT2D eigenvalue weighted by molar-refractivity contribution is -0.117. The molecule has 1 aromatic heterocycles. The predicted molar refractivity (Wildman–Crippen MR) is 96.0 cm³/mol. The van der Waals surface area contributed by atoms with Gasteiger partial charge < -0.3 is 16.0 Å². The second kappa shape index (κ2) is 6.86. The van der Waals surface area contributed by atoms with E-state index in [2.05, 4.69) is 22.2 Å². The van der Waals surface area contributed by atoms with E-state index in [1.165, 1.54) is 0 Å². The third-order valence-corrected chi connectivity index (χ3v) is 4.42. The van der Waals surface area contributed by atoms with Crippen molar-refractivity contribution in [1.29, 1.82) is 0 Å². The summed E-state index contributed by atoms with van der Waals surface area (Å²) in [7, 11) is 0. The van der Waals surface area contributed by atoms with Crippen LogP contribution in [0.25, 0.3) is 0 Å². The Morgan fingerprint density at radius 1 is 1.29 bits per heavy atom. The first-order chi connectivity index (χ1) is 11.6. The maximum Gasteiger partial charge on any atom is 0.227 e. The van der Waals surface area contributed by atoms with Crippen LogP contribution in [0.15, 0.2) is 30.3 Å². The summed E-state index contributed by atoms with van der Waals surface area (Å²) in [5.74, 6) is 1.48. The molecule has 0 aliphatic carbocycles. The summed E-state index contributed by atoms with van der Waals surface area (Å²) >= 11 is 0. The van der Waals surface area contributed by atoms with E-state index in [-0.39, 0.29) is 17.8 Å². The fourth-order valence-electron chi connectivity index (χ4n) is 3.20. The van der Waals surface area contributed by atoms with Crippen molar-refractivity contribution in [3.8, 4) is 0 Å². The molecule has 0 bridgehead atoms. The van der Waals surface area contributed by atoms with Crippen LogP contribution < -0.4 is 16.0 Å². The molecule has 1 amide bonds. The maximum atomic E-state index is 12.3. The number of rotatable bonds is 5. The lowest BCUT2D eigenvalue weighted by Crippen LogP contribution is -2.25. The van der Waals surface area contributed by atoms with E-state index >= 15 is 0 Å². The summed E-state index contributed by atoms with van der Waals surface area (Å²) in [6.45, 7) is 5.43. The van der Waals surface area contributed by atoms with Crippen LogP contribution in [0.5, 0.6) is 0 Å². The smallest absolute Gasteiger partial charge is 0.227 e. The Bertz CT molecular complexity index is 732. The number of para-hydroxylation sites is 1. The zero-order valence-electron chi connectivity index (χ0n) is 14.1. The average Bonchev–Trinajstić information content (AvgIpc) is 2.94.